The van der Waals surface area contributed by atoms with E-state index in [0.717, 1.165) is 30.9 Å². The van der Waals surface area contributed by atoms with Gasteiger partial charge in [0.15, 0.2) is 15.8 Å². The number of aliphatic imine (C=N–C) groups is 1. The zero-order valence-corrected chi connectivity index (χ0v) is 18.5. The van der Waals surface area contributed by atoms with E-state index in [4.69, 9.17) is 0 Å². The van der Waals surface area contributed by atoms with Crippen molar-refractivity contribution in [2.24, 2.45) is 4.99 Å². The van der Waals surface area contributed by atoms with Crippen LogP contribution in [0.3, 0.4) is 0 Å². The zero-order valence-electron chi connectivity index (χ0n) is 15.4. The fourth-order valence-electron chi connectivity index (χ4n) is 2.34. The highest BCUT2D eigenvalue weighted by atomic mass is 127. The number of unbranched alkanes of at least 4 members (excludes halogenated alkanes) is 3. The van der Waals surface area contributed by atoms with E-state index in [1.165, 1.54) is 19.1 Å². The van der Waals surface area contributed by atoms with Crippen LogP contribution in [0.4, 0.5) is 0 Å². The van der Waals surface area contributed by atoms with Gasteiger partial charge in [0.2, 0.25) is 0 Å². The molecule has 0 saturated carbocycles. The third-order valence-corrected chi connectivity index (χ3v) is 4.91. The fraction of sp³-hybridized carbons (Fsp3) is 0.500. The number of allylic oxidation sites excluding steroid dienone is 1. The Kier molecular flexibility index (Phi) is 11.8. The van der Waals surface area contributed by atoms with Crippen LogP contribution in [0.15, 0.2) is 46.8 Å². The molecule has 0 aliphatic rings. The smallest absolute Gasteiger partial charge is 0.193 e. The zero-order chi connectivity index (χ0) is 18.0. The molecule has 25 heavy (non-hydrogen) atoms. The number of halogens is 1. The number of rotatable bonds is 9. The van der Waals surface area contributed by atoms with Crippen molar-refractivity contribution in [2.75, 3.05) is 26.9 Å². The summed E-state index contributed by atoms with van der Waals surface area (Å²) in [7, 11) is 0.646. The molecule has 0 heterocycles. The molecule has 142 valence electrons. The topological polar surface area (TPSA) is 61.8 Å². The van der Waals surface area contributed by atoms with Crippen LogP contribution in [0.2, 0.25) is 0 Å². The summed E-state index contributed by atoms with van der Waals surface area (Å²) >= 11 is 0. The van der Waals surface area contributed by atoms with Gasteiger partial charge in [0.05, 0.1) is 4.90 Å². The summed E-state index contributed by atoms with van der Waals surface area (Å²) < 4.78 is 22.9. The molecule has 0 aromatic heterocycles. The highest BCUT2D eigenvalue weighted by Gasteiger charge is 2.08. The summed E-state index contributed by atoms with van der Waals surface area (Å²) in [6.07, 6.45) is 7.72. The van der Waals surface area contributed by atoms with Gasteiger partial charge < -0.3 is 10.2 Å². The second-order valence-electron chi connectivity index (χ2n) is 5.88. The van der Waals surface area contributed by atoms with Gasteiger partial charge in [-0.1, -0.05) is 24.6 Å². The molecule has 0 unspecified atom stereocenters. The molecule has 0 atom stereocenters. The van der Waals surface area contributed by atoms with Crippen molar-refractivity contribution in [3.05, 3.63) is 42.5 Å². The molecule has 7 heteroatoms. The van der Waals surface area contributed by atoms with Gasteiger partial charge in [-0.15, -0.1) is 30.6 Å². The minimum Gasteiger partial charge on any atom is -0.352 e. The second kappa shape index (κ2) is 12.3. The van der Waals surface area contributed by atoms with Gasteiger partial charge in [-0.25, -0.2) is 8.42 Å². The Balaban J connectivity index is 0.00000576. The van der Waals surface area contributed by atoms with E-state index in [1.807, 2.05) is 25.3 Å². The first-order valence-corrected chi connectivity index (χ1v) is 10.1. The number of guanidine groups is 1. The van der Waals surface area contributed by atoms with Crippen LogP contribution in [0.25, 0.3) is 0 Å². The molecule has 0 amide bonds. The molecule has 0 bridgehead atoms. The van der Waals surface area contributed by atoms with E-state index < -0.39 is 9.84 Å². The Bertz CT molecular complexity index is 643. The number of hydrogen-bond acceptors (Lipinski definition) is 3. The van der Waals surface area contributed by atoms with Crippen LogP contribution in [0.1, 0.15) is 31.2 Å². The number of benzene rings is 1. The molecule has 1 aromatic carbocycles. The molecule has 0 saturated heterocycles. The summed E-state index contributed by atoms with van der Waals surface area (Å²) in [6, 6.07) is 6.93. The SMILES string of the molecule is C=CCCCCCN(C)C(=NC)NCc1ccc(S(C)(=O)=O)cc1.I. The Morgan fingerprint density at radius 3 is 2.40 bits per heavy atom. The van der Waals surface area contributed by atoms with Crippen LogP contribution in [-0.2, 0) is 16.4 Å². The lowest BCUT2D eigenvalue weighted by Gasteiger charge is -2.22. The van der Waals surface area contributed by atoms with E-state index in [0.29, 0.717) is 11.4 Å². The summed E-state index contributed by atoms with van der Waals surface area (Å²) in [5.74, 6) is 0.839. The number of hydrogen-bond donors (Lipinski definition) is 1. The Hall–Kier alpha value is -1.09. The lowest BCUT2D eigenvalue weighted by molar-refractivity contribution is 0.455. The third kappa shape index (κ3) is 9.25. The summed E-state index contributed by atoms with van der Waals surface area (Å²) in [4.78, 5) is 6.74. The van der Waals surface area contributed by atoms with Crippen LogP contribution >= 0.6 is 24.0 Å². The molecular formula is C18H30IN3O2S. The number of sulfone groups is 1. The minimum atomic E-state index is -3.14. The first kappa shape index (κ1) is 23.9. The number of nitrogens with zero attached hydrogens (tertiary/aromatic N) is 2. The van der Waals surface area contributed by atoms with Gasteiger partial charge >= 0.3 is 0 Å². The minimum absolute atomic E-state index is 0. The number of nitrogens with one attached hydrogen (secondary N) is 1. The summed E-state index contributed by atoms with van der Waals surface area (Å²) in [5, 5.41) is 3.31. The van der Waals surface area contributed by atoms with Crippen LogP contribution in [-0.4, -0.2) is 46.2 Å². The largest absolute Gasteiger partial charge is 0.352 e. The molecule has 0 spiro atoms. The molecule has 0 aliphatic carbocycles. The van der Waals surface area contributed by atoms with Gasteiger partial charge in [0, 0.05) is 33.4 Å². The molecule has 0 fully saturated rings. The van der Waals surface area contributed by atoms with Crippen molar-refractivity contribution in [3.8, 4) is 0 Å². The molecule has 0 aliphatic heterocycles. The Morgan fingerprint density at radius 2 is 1.88 bits per heavy atom. The third-order valence-electron chi connectivity index (χ3n) is 3.78. The van der Waals surface area contributed by atoms with E-state index in [2.05, 4.69) is 21.8 Å². The van der Waals surface area contributed by atoms with Crippen molar-refractivity contribution in [3.63, 3.8) is 0 Å². The molecule has 1 rings (SSSR count). The van der Waals surface area contributed by atoms with E-state index in [1.54, 1.807) is 19.2 Å². The standard InChI is InChI=1S/C18H29N3O2S.HI/c1-5-6-7-8-9-14-21(3)18(19-2)20-15-16-10-12-17(13-11-16)24(4,22)23;/h5,10-13H,1,6-9,14-15H2,2-4H3,(H,19,20);1H. The molecule has 1 N–H and O–H groups in total. The van der Waals surface area contributed by atoms with Crippen LogP contribution < -0.4 is 5.32 Å². The summed E-state index contributed by atoms with van der Waals surface area (Å²) in [5.41, 5.74) is 1.02. The maximum Gasteiger partial charge on any atom is 0.193 e. The Morgan fingerprint density at radius 1 is 1.24 bits per heavy atom. The molecule has 1 aromatic rings. The van der Waals surface area contributed by atoms with Gasteiger partial charge in [-0.05, 0) is 37.0 Å². The fourth-order valence-corrected chi connectivity index (χ4v) is 2.97. The van der Waals surface area contributed by atoms with Crippen LogP contribution in [0, 0.1) is 0 Å². The maximum atomic E-state index is 11.5. The van der Waals surface area contributed by atoms with Gasteiger partial charge in [-0.2, -0.15) is 0 Å². The van der Waals surface area contributed by atoms with E-state index >= 15 is 0 Å². The molecular weight excluding hydrogens is 449 g/mol. The van der Waals surface area contributed by atoms with Crippen molar-refractivity contribution in [1.29, 1.82) is 0 Å². The summed E-state index contributed by atoms with van der Waals surface area (Å²) in [6.45, 7) is 5.29. The predicted molar refractivity (Wildman–Crippen MR) is 116 cm³/mol. The lowest BCUT2D eigenvalue weighted by atomic mass is 10.2. The normalized spacial score (nSPS) is 11.6. The van der Waals surface area contributed by atoms with Gasteiger partial charge in [-0.3, -0.25) is 4.99 Å². The predicted octanol–water partition coefficient (Wildman–Crippen LogP) is 3.46. The van der Waals surface area contributed by atoms with Gasteiger partial charge in [0.25, 0.3) is 0 Å². The second-order valence-corrected chi connectivity index (χ2v) is 7.89. The Labute approximate surface area is 169 Å². The van der Waals surface area contributed by atoms with Gasteiger partial charge in [0.1, 0.15) is 0 Å². The highest BCUT2D eigenvalue weighted by Crippen LogP contribution is 2.10. The maximum absolute atomic E-state index is 11.5. The van der Waals surface area contributed by atoms with Crippen molar-refractivity contribution >= 4 is 39.8 Å². The van der Waals surface area contributed by atoms with Crippen LogP contribution in [0.5, 0.6) is 0 Å². The highest BCUT2D eigenvalue weighted by molar-refractivity contribution is 14.0. The van der Waals surface area contributed by atoms with Crippen molar-refractivity contribution < 1.29 is 8.42 Å². The van der Waals surface area contributed by atoms with E-state index in [-0.39, 0.29) is 24.0 Å². The first-order chi connectivity index (χ1) is 11.4. The van der Waals surface area contributed by atoms with Crippen molar-refractivity contribution in [1.82, 2.24) is 10.2 Å². The quantitative estimate of drug-likeness (QED) is 0.194. The lowest BCUT2D eigenvalue weighted by Crippen LogP contribution is -2.39. The van der Waals surface area contributed by atoms with E-state index in [9.17, 15) is 8.42 Å². The van der Waals surface area contributed by atoms with Crippen molar-refractivity contribution in [2.45, 2.75) is 37.1 Å². The molecule has 0 radical (unpaired) electrons. The average molecular weight is 479 g/mol. The molecule has 5 nitrogen and oxygen atoms in total. The monoisotopic (exact) mass is 479 g/mol. The average Bonchev–Trinajstić information content (AvgIpc) is 2.55. The first-order valence-electron chi connectivity index (χ1n) is 8.20.